The Bertz CT molecular complexity index is 544. The molecule has 1 N–H and O–H groups in total. The first kappa shape index (κ1) is 14.5. The van der Waals surface area contributed by atoms with Crippen molar-refractivity contribution in [2.24, 2.45) is 0 Å². The fourth-order valence-electron chi connectivity index (χ4n) is 1.91. The van der Waals surface area contributed by atoms with E-state index in [-0.39, 0.29) is 12.0 Å². The van der Waals surface area contributed by atoms with Crippen LogP contribution in [0.2, 0.25) is 0 Å². The average Bonchev–Trinajstić information content (AvgIpc) is 2.78. The van der Waals surface area contributed by atoms with Crippen molar-refractivity contribution in [2.45, 2.75) is 17.9 Å². The first-order valence-corrected chi connectivity index (χ1v) is 7.69. The zero-order chi connectivity index (χ0) is 14.7. The lowest BCUT2D eigenvalue weighted by Gasteiger charge is -2.13. The number of ether oxygens (including phenoxy) is 1. The standard InChI is InChI=1S/C13H16N2O4S/c1-9(16)14-7-11-8-15(13(17)19-11)10-3-5-12(6-4-10)20(2)18/h3-6,11H,7-8H2,1-2H3,(H,14,16)/t11-,20?/m0/s1. The second-order valence-corrected chi connectivity index (χ2v) is 5.88. The molecule has 2 rings (SSSR count). The van der Waals surface area contributed by atoms with Crippen LogP contribution in [0, 0.1) is 0 Å². The minimum absolute atomic E-state index is 0.158. The average molecular weight is 296 g/mol. The van der Waals surface area contributed by atoms with Crippen molar-refractivity contribution < 1.29 is 18.5 Å². The van der Waals surface area contributed by atoms with Gasteiger partial charge in [-0.25, -0.2) is 4.79 Å². The Morgan fingerprint density at radius 2 is 2.10 bits per heavy atom. The van der Waals surface area contributed by atoms with Gasteiger partial charge in [-0.1, -0.05) is 0 Å². The number of benzene rings is 1. The minimum atomic E-state index is -1.04. The Labute approximate surface area is 119 Å². The van der Waals surface area contributed by atoms with Gasteiger partial charge < -0.3 is 10.1 Å². The van der Waals surface area contributed by atoms with Crippen LogP contribution in [-0.4, -0.2) is 41.7 Å². The molecule has 0 saturated carbocycles. The fourth-order valence-corrected chi connectivity index (χ4v) is 2.43. The molecule has 108 valence electrons. The maximum atomic E-state index is 11.8. The quantitative estimate of drug-likeness (QED) is 0.895. The third kappa shape index (κ3) is 3.36. The number of hydrogen-bond acceptors (Lipinski definition) is 4. The molecule has 0 bridgehead atoms. The molecule has 1 unspecified atom stereocenters. The number of cyclic esters (lactones) is 1. The summed E-state index contributed by atoms with van der Waals surface area (Å²) in [5.74, 6) is -0.158. The van der Waals surface area contributed by atoms with Gasteiger partial charge in [0, 0.05) is 34.6 Å². The van der Waals surface area contributed by atoms with Crippen molar-refractivity contribution in [3.05, 3.63) is 24.3 Å². The highest BCUT2D eigenvalue weighted by molar-refractivity contribution is 7.84. The molecule has 6 nitrogen and oxygen atoms in total. The van der Waals surface area contributed by atoms with Crippen LogP contribution >= 0.6 is 0 Å². The van der Waals surface area contributed by atoms with E-state index in [1.807, 2.05) is 0 Å². The lowest BCUT2D eigenvalue weighted by molar-refractivity contribution is -0.119. The summed E-state index contributed by atoms with van der Waals surface area (Å²) in [6, 6.07) is 6.91. The van der Waals surface area contributed by atoms with Crippen molar-refractivity contribution in [3.8, 4) is 0 Å². The molecule has 1 aliphatic heterocycles. The maximum absolute atomic E-state index is 11.8. The van der Waals surface area contributed by atoms with E-state index in [4.69, 9.17) is 4.74 Å². The van der Waals surface area contributed by atoms with Gasteiger partial charge in [-0.05, 0) is 24.3 Å². The third-order valence-electron chi connectivity index (χ3n) is 2.93. The topological polar surface area (TPSA) is 75.7 Å². The van der Waals surface area contributed by atoms with Crippen LogP contribution in [0.15, 0.2) is 29.2 Å². The summed E-state index contributed by atoms with van der Waals surface area (Å²) in [6.45, 7) is 2.10. The molecular formula is C13H16N2O4S. The number of amides is 2. The number of hydrogen-bond donors (Lipinski definition) is 1. The Kier molecular flexibility index (Phi) is 4.39. The van der Waals surface area contributed by atoms with Gasteiger partial charge in [-0.15, -0.1) is 0 Å². The van der Waals surface area contributed by atoms with E-state index in [1.165, 1.54) is 11.8 Å². The summed E-state index contributed by atoms with van der Waals surface area (Å²) in [6.07, 6.45) is 0.805. The molecule has 7 heteroatoms. The van der Waals surface area contributed by atoms with Crippen molar-refractivity contribution in [1.82, 2.24) is 5.32 Å². The second-order valence-electron chi connectivity index (χ2n) is 4.50. The summed E-state index contributed by atoms with van der Waals surface area (Å²) in [4.78, 5) is 24.8. The van der Waals surface area contributed by atoms with Crippen molar-refractivity contribution in [1.29, 1.82) is 0 Å². The third-order valence-corrected chi connectivity index (χ3v) is 3.87. The summed E-state index contributed by atoms with van der Waals surface area (Å²) in [7, 11) is -1.04. The summed E-state index contributed by atoms with van der Waals surface area (Å²) in [5, 5.41) is 2.62. The largest absolute Gasteiger partial charge is 0.442 e. The highest BCUT2D eigenvalue weighted by Crippen LogP contribution is 2.22. The molecule has 0 radical (unpaired) electrons. The highest BCUT2D eigenvalue weighted by atomic mass is 32.2. The maximum Gasteiger partial charge on any atom is 0.414 e. The van der Waals surface area contributed by atoms with Crippen LogP contribution in [-0.2, 0) is 20.3 Å². The van der Waals surface area contributed by atoms with Gasteiger partial charge in [0.2, 0.25) is 5.91 Å². The first-order chi connectivity index (χ1) is 9.47. The van der Waals surface area contributed by atoms with Gasteiger partial charge in [0.25, 0.3) is 0 Å². The molecule has 20 heavy (non-hydrogen) atoms. The van der Waals surface area contributed by atoms with E-state index in [9.17, 15) is 13.8 Å². The van der Waals surface area contributed by atoms with E-state index in [2.05, 4.69) is 5.32 Å². The molecule has 0 spiro atoms. The van der Waals surface area contributed by atoms with E-state index in [0.29, 0.717) is 23.7 Å². The van der Waals surface area contributed by atoms with Crippen LogP contribution in [0.25, 0.3) is 0 Å². The SMILES string of the molecule is CC(=O)NC[C@H]1CN(c2ccc(S(C)=O)cc2)C(=O)O1. The van der Waals surface area contributed by atoms with E-state index in [1.54, 1.807) is 30.5 Å². The summed E-state index contributed by atoms with van der Waals surface area (Å²) >= 11 is 0. The monoisotopic (exact) mass is 296 g/mol. The predicted octanol–water partition coefficient (Wildman–Crippen LogP) is 0.885. The smallest absolute Gasteiger partial charge is 0.414 e. The van der Waals surface area contributed by atoms with Crippen LogP contribution in [0.3, 0.4) is 0 Å². The zero-order valence-electron chi connectivity index (χ0n) is 11.3. The van der Waals surface area contributed by atoms with Gasteiger partial charge in [-0.3, -0.25) is 13.9 Å². The van der Waals surface area contributed by atoms with Gasteiger partial charge in [0.1, 0.15) is 6.10 Å². The number of anilines is 1. The Hall–Kier alpha value is -1.89. The van der Waals surface area contributed by atoms with Gasteiger partial charge in [0.05, 0.1) is 13.1 Å². The van der Waals surface area contributed by atoms with E-state index >= 15 is 0 Å². The molecule has 1 aliphatic rings. The van der Waals surface area contributed by atoms with Crippen LogP contribution in [0.4, 0.5) is 10.5 Å². The predicted molar refractivity (Wildman–Crippen MR) is 75.1 cm³/mol. The molecule has 2 amide bonds. The summed E-state index contributed by atoms with van der Waals surface area (Å²) in [5.41, 5.74) is 0.689. The molecule has 1 fully saturated rings. The Morgan fingerprint density at radius 1 is 1.45 bits per heavy atom. The van der Waals surface area contributed by atoms with Crippen LogP contribution < -0.4 is 10.2 Å². The Balaban J connectivity index is 2.03. The minimum Gasteiger partial charge on any atom is -0.442 e. The molecule has 2 atom stereocenters. The summed E-state index contributed by atoms with van der Waals surface area (Å²) < 4.78 is 16.5. The normalized spacial score (nSPS) is 19.6. The lowest BCUT2D eigenvalue weighted by Crippen LogP contribution is -2.33. The number of rotatable bonds is 4. The van der Waals surface area contributed by atoms with Crippen LogP contribution in [0.5, 0.6) is 0 Å². The lowest BCUT2D eigenvalue weighted by atomic mass is 10.2. The van der Waals surface area contributed by atoms with Gasteiger partial charge in [0.15, 0.2) is 0 Å². The highest BCUT2D eigenvalue weighted by Gasteiger charge is 2.32. The van der Waals surface area contributed by atoms with Gasteiger partial charge in [-0.2, -0.15) is 0 Å². The molecule has 1 saturated heterocycles. The van der Waals surface area contributed by atoms with Crippen molar-refractivity contribution >= 4 is 28.5 Å². The Morgan fingerprint density at radius 3 is 2.65 bits per heavy atom. The second kappa shape index (κ2) is 6.04. The number of nitrogens with zero attached hydrogens (tertiary/aromatic N) is 1. The zero-order valence-corrected chi connectivity index (χ0v) is 12.1. The molecule has 1 heterocycles. The number of carbonyl (C=O) groups is 2. The molecule has 0 aromatic heterocycles. The fraction of sp³-hybridized carbons (Fsp3) is 0.385. The first-order valence-electron chi connectivity index (χ1n) is 6.13. The van der Waals surface area contributed by atoms with E-state index in [0.717, 1.165) is 0 Å². The van der Waals surface area contributed by atoms with Crippen molar-refractivity contribution in [2.75, 3.05) is 24.2 Å². The number of carbonyl (C=O) groups excluding carboxylic acids is 2. The number of nitrogens with one attached hydrogen (secondary N) is 1. The molecule has 0 aliphatic carbocycles. The van der Waals surface area contributed by atoms with Crippen molar-refractivity contribution in [3.63, 3.8) is 0 Å². The van der Waals surface area contributed by atoms with Crippen LogP contribution in [0.1, 0.15) is 6.92 Å². The molecular weight excluding hydrogens is 280 g/mol. The van der Waals surface area contributed by atoms with Gasteiger partial charge >= 0.3 is 6.09 Å². The molecule has 1 aromatic rings. The van der Waals surface area contributed by atoms with E-state index < -0.39 is 16.9 Å². The molecule has 1 aromatic carbocycles.